The van der Waals surface area contributed by atoms with E-state index in [0.717, 1.165) is 0 Å². The molecular formula is C23H22BrP. The molecular weight excluding hydrogens is 387 g/mol. The number of hydrogen-bond acceptors (Lipinski definition) is 0. The molecule has 0 saturated carbocycles. The van der Waals surface area contributed by atoms with Crippen molar-refractivity contribution in [3.8, 4) is 0 Å². The first-order valence-corrected chi connectivity index (χ1v) is 11.1. The topological polar surface area (TPSA) is 0 Å². The number of benzene rings is 3. The summed E-state index contributed by atoms with van der Waals surface area (Å²) in [5, 5.41) is 1.47. The van der Waals surface area contributed by atoms with Gasteiger partial charge in [0.15, 0.2) is 0 Å². The van der Waals surface area contributed by atoms with Crippen LogP contribution < -0.4 is 5.30 Å². The Morgan fingerprint density at radius 3 is 1.64 bits per heavy atom. The third kappa shape index (κ3) is 2.69. The van der Waals surface area contributed by atoms with Crippen molar-refractivity contribution in [2.75, 3.05) is 6.16 Å². The average Bonchev–Trinajstić information content (AvgIpc) is 2.95. The molecule has 1 fully saturated rings. The predicted octanol–water partition coefficient (Wildman–Crippen LogP) is 6.29. The Kier molecular flexibility index (Phi) is 4.56. The van der Waals surface area contributed by atoms with Crippen LogP contribution in [0.4, 0.5) is 0 Å². The summed E-state index contributed by atoms with van der Waals surface area (Å²) in [6.45, 7) is 2.39. The minimum Gasteiger partial charge on any atom is -0.0839 e. The van der Waals surface area contributed by atoms with Crippen molar-refractivity contribution in [2.45, 2.75) is 22.8 Å². The molecule has 1 heterocycles. The van der Waals surface area contributed by atoms with E-state index in [1.165, 1.54) is 29.0 Å². The van der Waals surface area contributed by atoms with Gasteiger partial charge in [-0.25, -0.2) is 0 Å². The van der Waals surface area contributed by atoms with Crippen molar-refractivity contribution in [2.24, 2.45) is 0 Å². The van der Waals surface area contributed by atoms with E-state index in [1.807, 2.05) is 0 Å². The molecule has 0 nitrogen and oxygen atoms in total. The van der Waals surface area contributed by atoms with Gasteiger partial charge in [0, 0.05) is 4.32 Å². The fourth-order valence-electron chi connectivity index (χ4n) is 4.32. The fraction of sp³-hybridized carbons (Fsp3) is 0.217. The van der Waals surface area contributed by atoms with Crippen molar-refractivity contribution in [1.29, 1.82) is 0 Å². The molecule has 3 aromatic carbocycles. The number of hydrogen-bond donors (Lipinski definition) is 0. The van der Waals surface area contributed by atoms with Crippen LogP contribution in [0, 0.1) is 0 Å². The summed E-state index contributed by atoms with van der Waals surface area (Å²) >= 11 is 4.19. The molecule has 1 aliphatic rings. The lowest BCUT2D eigenvalue weighted by Crippen LogP contribution is -2.41. The summed E-state index contributed by atoms with van der Waals surface area (Å²) < 4.78 is 0.0320. The van der Waals surface area contributed by atoms with E-state index in [1.54, 1.807) is 0 Å². The molecule has 1 aliphatic heterocycles. The van der Waals surface area contributed by atoms with Crippen molar-refractivity contribution < 1.29 is 0 Å². The highest BCUT2D eigenvalue weighted by atomic mass is 79.9. The summed E-state index contributed by atoms with van der Waals surface area (Å²) in [5.74, 6) is 0. The van der Waals surface area contributed by atoms with Crippen LogP contribution >= 0.6 is 23.9 Å². The minimum atomic E-state index is -0.375. The zero-order valence-electron chi connectivity index (χ0n) is 14.4. The van der Waals surface area contributed by atoms with E-state index in [9.17, 15) is 0 Å². The molecule has 3 aromatic rings. The Hall–Kier alpha value is -1.43. The van der Waals surface area contributed by atoms with Gasteiger partial charge in [-0.15, -0.1) is 0 Å². The normalized spacial score (nSPS) is 25.0. The smallest absolute Gasteiger partial charge is 0.0592 e. The highest BCUT2D eigenvalue weighted by Gasteiger charge is 2.58. The fourth-order valence-corrected chi connectivity index (χ4v) is 9.71. The lowest BCUT2D eigenvalue weighted by molar-refractivity contribution is 0.548. The third-order valence-corrected chi connectivity index (χ3v) is 10.1. The number of halogens is 1. The first-order valence-electron chi connectivity index (χ1n) is 8.79. The molecule has 0 spiro atoms. The van der Waals surface area contributed by atoms with Gasteiger partial charge in [0.05, 0.1) is 5.16 Å². The van der Waals surface area contributed by atoms with Gasteiger partial charge in [-0.05, 0) is 35.9 Å². The van der Waals surface area contributed by atoms with Gasteiger partial charge in [-0.2, -0.15) is 0 Å². The average molecular weight is 409 g/mol. The van der Waals surface area contributed by atoms with Gasteiger partial charge in [-0.3, -0.25) is 0 Å². The van der Waals surface area contributed by atoms with Crippen LogP contribution in [-0.4, -0.2) is 10.5 Å². The van der Waals surface area contributed by atoms with Crippen molar-refractivity contribution in [3.05, 3.63) is 102 Å². The zero-order valence-corrected chi connectivity index (χ0v) is 16.9. The Bertz CT molecular complexity index is 788. The molecule has 2 unspecified atom stereocenters. The highest BCUT2D eigenvalue weighted by molar-refractivity contribution is 9.10. The highest BCUT2D eigenvalue weighted by Crippen LogP contribution is 2.72. The van der Waals surface area contributed by atoms with Crippen LogP contribution in [0.15, 0.2) is 91.0 Å². The predicted molar refractivity (Wildman–Crippen MR) is 113 cm³/mol. The third-order valence-electron chi connectivity index (χ3n) is 5.42. The van der Waals surface area contributed by atoms with E-state index >= 15 is 0 Å². The van der Waals surface area contributed by atoms with E-state index in [4.69, 9.17) is 0 Å². The van der Waals surface area contributed by atoms with Crippen LogP contribution in [0.1, 0.15) is 24.5 Å². The van der Waals surface area contributed by atoms with Gasteiger partial charge in [0.2, 0.25) is 0 Å². The Labute approximate surface area is 160 Å². The molecule has 0 bridgehead atoms. The van der Waals surface area contributed by atoms with Crippen LogP contribution in [0.3, 0.4) is 0 Å². The van der Waals surface area contributed by atoms with Crippen LogP contribution in [-0.2, 0) is 5.16 Å². The molecule has 0 amide bonds. The molecule has 2 atom stereocenters. The van der Waals surface area contributed by atoms with Crippen LogP contribution in [0.2, 0.25) is 0 Å². The van der Waals surface area contributed by atoms with Crippen molar-refractivity contribution in [3.63, 3.8) is 0 Å². The largest absolute Gasteiger partial charge is 0.0839 e. The maximum atomic E-state index is 4.19. The maximum Gasteiger partial charge on any atom is 0.0592 e. The lowest BCUT2D eigenvalue weighted by atomic mass is 9.79. The molecule has 1 saturated heterocycles. The number of rotatable bonds is 3. The Balaban J connectivity index is 2.03. The minimum absolute atomic E-state index is 0.0216. The second-order valence-electron chi connectivity index (χ2n) is 6.88. The molecule has 0 radical (unpaired) electrons. The second kappa shape index (κ2) is 6.71. The van der Waals surface area contributed by atoms with Crippen LogP contribution in [0.25, 0.3) is 0 Å². The van der Waals surface area contributed by atoms with Gasteiger partial charge in [0.1, 0.15) is 0 Å². The second-order valence-corrected chi connectivity index (χ2v) is 11.1. The van der Waals surface area contributed by atoms with E-state index in [-0.39, 0.29) is 17.4 Å². The van der Waals surface area contributed by atoms with E-state index in [0.29, 0.717) is 0 Å². The first-order chi connectivity index (χ1) is 12.2. The molecule has 4 rings (SSSR count). The summed E-state index contributed by atoms with van der Waals surface area (Å²) in [5.41, 5.74) is 2.85. The van der Waals surface area contributed by atoms with Crippen molar-refractivity contribution >= 4 is 29.2 Å². The molecule has 0 N–H and O–H groups in total. The molecule has 0 aliphatic carbocycles. The summed E-state index contributed by atoms with van der Waals surface area (Å²) in [4.78, 5) is 0. The molecule has 0 aromatic heterocycles. The summed E-state index contributed by atoms with van der Waals surface area (Å²) in [7, 11) is -0.375. The molecule has 126 valence electrons. The van der Waals surface area contributed by atoms with Crippen molar-refractivity contribution in [1.82, 2.24) is 0 Å². The van der Waals surface area contributed by atoms with E-state index < -0.39 is 0 Å². The number of alkyl halides is 1. The molecule has 25 heavy (non-hydrogen) atoms. The van der Waals surface area contributed by atoms with Crippen LogP contribution in [0.5, 0.6) is 0 Å². The Morgan fingerprint density at radius 1 is 0.720 bits per heavy atom. The monoisotopic (exact) mass is 408 g/mol. The molecule has 2 heteroatoms. The summed E-state index contributed by atoms with van der Waals surface area (Å²) in [6, 6.07) is 33.3. The first kappa shape index (κ1) is 17.0. The van der Waals surface area contributed by atoms with Gasteiger partial charge in [0.25, 0.3) is 0 Å². The SMILES string of the molecule is CC1(Br)CCP(c2ccccc2)C1(c1ccccc1)c1ccccc1. The van der Waals surface area contributed by atoms with Gasteiger partial charge in [-0.1, -0.05) is 115 Å². The quantitative estimate of drug-likeness (QED) is 0.352. The van der Waals surface area contributed by atoms with Gasteiger partial charge >= 0.3 is 0 Å². The lowest BCUT2D eigenvalue weighted by Gasteiger charge is -2.45. The zero-order chi connectivity index (χ0) is 17.3. The Morgan fingerprint density at radius 2 is 1.16 bits per heavy atom. The standard InChI is InChI=1S/C23H22BrP/c1-22(24)17-18-25(21-15-9-4-10-16-21)23(22,19-11-5-2-6-12-19)20-13-7-3-8-14-20/h2-16H,17-18H2,1H3. The van der Waals surface area contributed by atoms with Gasteiger partial charge < -0.3 is 0 Å². The summed E-state index contributed by atoms with van der Waals surface area (Å²) in [6.07, 6.45) is 2.42. The van der Waals surface area contributed by atoms with E-state index in [2.05, 4.69) is 114 Å². The maximum absolute atomic E-state index is 4.19.